The Hall–Kier alpha value is -1.69. The summed E-state index contributed by atoms with van der Waals surface area (Å²) in [6.45, 7) is 3.55. The Morgan fingerprint density at radius 2 is 1.90 bits per heavy atom. The molecule has 0 aliphatic carbocycles. The quantitative estimate of drug-likeness (QED) is 0.877. The maximum Gasteiger partial charge on any atom is 0.239 e. The molecule has 0 saturated carbocycles. The maximum absolute atomic E-state index is 12.6. The summed E-state index contributed by atoms with van der Waals surface area (Å²) in [6, 6.07) is 7.71. The van der Waals surface area contributed by atoms with Gasteiger partial charge in [0, 0.05) is 19.5 Å². The predicted molar refractivity (Wildman–Crippen MR) is 79.7 cm³/mol. The lowest BCUT2D eigenvalue weighted by Gasteiger charge is -2.22. The predicted octanol–water partition coefficient (Wildman–Crippen LogP) is 1.15. The molecular formula is C14H19N3O2S. The number of anilines is 1. The first kappa shape index (κ1) is 13.3. The van der Waals surface area contributed by atoms with Crippen LogP contribution in [0.15, 0.2) is 35.8 Å². The highest BCUT2D eigenvalue weighted by Crippen LogP contribution is 2.37. The van der Waals surface area contributed by atoms with Crippen LogP contribution in [0.3, 0.4) is 0 Å². The maximum atomic E-state index is 12.6. The zero-order valence-corrected chi connectivity index (χ0v) is 12.3. The van der Waals surface area contributed by atoms with Crippen molar-refractivity contribution in [2.24, 2.45) is 0 Å². The van der Waals surface area contributed by atoms with Crippen LogP contribution in [0, 0.1) is 0 Å². The smallest absolute Gasteiger partial charge is 0.239 e. The average Bonchev–Trinajstić information content (AvgIpc) is 3.05. The second kappa shape index (κ2) is 5.01. The Balaban J connectivity index is 2.12. The van der Waals surface area contributed by atoms with E-state index >= 15 is 0 Å². The molecule has 1 aromatic carbocycles. The van der Waals surface area contributed by atoms with Crippen LogP contribution in [0.1, 0.15) is 18.9 Å². The van der Waals surface area contributed by atoms with Gasteiger partial charge in [-0.2, -0.15) is 0 Å². The number of fused-ring (bicyclic) bond motifs is 1. The van der Waals surface area contributed by atoms with Crippen LogP contribution in [-0.2, 0) is 16.4 Å². The summed E-state index contributed by atoms with van der Waals surface area (Å²) in [4.78, 5) is 0. The third-order valence-electron chi connectivity index (χ3n) is 3.57. The second-order valence-electron chi connectivity index (χ2n) is 5.06. The van der Waals surface area contributed by atoms with E-state index in [0.717, 1.165) is 35.9 Å². The van der Waals surface area contributed by atoms with Gasteiger partial charge in [0.05, 0.1) is 17.1 Å². The number of allylic oxidation sites excluding steroid dienone is 1. The molecule has 20 heavy (non-hydrogen) atoms. The van der Waals surface area contributed by atoms with Crippen molar-refractivity contribution in [3.8, 4) is 0 Å². The van der Waals surface area contributed by atoms with E-state index in [1.165, 1.54) is 4.31 Å². The van der Waals surface area contributed by atoms with Gasteiger partial charge in [0.25, 0.3) is 0 Å². The SMILES string of the molecule is CCCS(=O)(=O)N1C(=C2NCCN2)Cc2ccccc21. The molecule has 0 atom stereocenters. The Morgan fingerprint density at radius 3 is 2.60 bits per heavy atom. The number of nitrogens with zero attached hydrogens (tertiary/aromatic N) is 1. The molecule has 0 amide bonds. The molecule has 5 nitrogen and oxygen atoms in total. The van der Waals surface area contributed by atoms with Gasteiger partial charge in [-0.25, -0.2) is 12.7 Å². The van der Waals surface area contributed by atoms with Crippen LogP contribution < -0.4 is 14.9 Å². The van der Waals surface area contributed by atoms with Crippen LogP contribution in [-0.4, -0.2) is 27.3 Å². The number of hydrogen-bond donors (Lipinski definition) is 2. The van der Waals surface area contributed by atoms with Crippen molar-refractivity contribution < 1.29 is 8.42 Å². The van der Waals surface area contributed by atoms with E-state index < -0.39 is 10.0 Å². The molecule has 1 aromatic rings. The summed E-state index contributed by atoms with van der Waals surface area (Å²) in [5, 5.41) is 6.48. The van der Waals surface area contributed by atoms with Crippen molar-refractivity contribution in [2.75, 3.05) is 23.1 Å². The molecule has 0 aromatic heterocycles. The number of para-hydroxylation sites is 1. The largest absolute Gasteiger partial charge is 0.369 e. The number of rotatable bonds is 3. The van der Waals surface area contributed by atoms with E-state index in [4.69, 9.17) is 0 Å². The Bertz CT molecular complexity index is 644. The molecule has 3 rings (SSSR count). The summed E-state index contributed by atoms with van der Waals surface area (Å²) >= 11 is 0. The molecule has 2 N–H and O–H groups in total. The molecule has 2 aliphatic rings. The summed E-state index contributed by atoms with van der Waals surface area (Å²) < 4.78 is 26.7. The molecule has 2 aliphatic heterocycles. The molecule has 1 fully saturated rings. The summed E-state index contributed by atoms with van der Waals surface area (Å²) in [6.07, 6.45) is 1.26. The highest BCUT2D eigenvalue weighted by molar-refractivity contribution is 7.93. The summed E-state index contributed by atoms with van der Waals surface area (Å²) in [7, 11) is -3.31. The molecule has 1 saturated heterocycles. The van der Waals surface area contributed by atoms with Crippen molar-refractivity contribution in [2.45, 2.75) is 19.8 Å². The average molecular weight is 293 g/mol. The minimum Gasteiger partial charge on any atom is -0.369 e. The van der Waals surface area contributed by atoms with Gasteiger partial charge < -0.3 is 10.6 Å². The normalized spacial score (nSPS) is 17.9. The summed E-state index contributed by atoms with van der Waals surface area (Å²) in [5.41, 5.74) is 2.67. The number of nitrogens with one attached hydrogen (secondary N) is 2. The third-order valence-corrected chi connectivity index (χ3v) is 5.47. The highest BCUT2D eigenvalue weighted by atomic mass is 32.2. The van der Waals surface area contributed by atoms with Crippen molar-refractivity contribution >= 4 is 15.7 Å². The van der Waals surface area contributed by atoms with Gasteiger partial charge >= 0.3 is 0 Å². The standard InChI is InChI=1S/C14H19N3O2S/c1-2-9-20(18,19)17-12-6-4-3-5-11(12)10-13(17)14-15-7-8-16-14/h3-6,15-16H,2,7-10H2,1H3. The summed E-state index contributed by atoms with van der Waals surface area (Å²) in [5.74, 6) is 1.01. The van der Waals surface area contributed by atoms with Gasteiger partial charge in [0.15, 0.2) is 0 Å². The van der Waals surface area contributed by atoms with Crippen LogP contribution in [0.4, 0.5) is 5.69 Å². The fourth-order valence-corrected chi connectivity index (χ4v) is 4.42. The van der Waals surface area contributed by atoms with Crippen molar-refractivity contribution in [3.05, 3.63) is 41.3 Å². The fraction of sp³-hybridized carbons (Fsp3) is 0.429. The van der Waals surface area contributed by atoms with E-state index in [0.29, 0.717) is 12.8 Å². The van der Waals surface area contributed by atoms with E-state index in [-0.39, 0.29) is 5.75 Å². The molecule has 108 valence electrons. The number of sulfonamides is 1. The monoisotopic (exact) mass is 293 g/mol. The Morgan fingerprint density at radius 1 is 1.20 bits per heavy atom. The fourth-order valence-electron chi connectivity index (χ4n) is 2.75. The van der Waals surface area contributed by atoms with Gasteiger partial charge in [-0.15, -0.1) is 0 Å². The molecule has 0 radical (unpaired) electrons. The molecule has 6 heteroatoms. The van der Waals surface area contributed by atoms with Gasteiger partial charge in [0.2, 0.25) is 10.0 Å². The minimum absolute atomic E-state index is 0.165. The molecular weight excluding hydrogens is 274 g/mol. The lowest BCUT2D eigenvalue weighted by atomic mass is 10.1. The van der Waals surface area contributed by atoms with Crippen LogP contribution >= 0.6 is 0 Å². The zero-order valence-electron chi connectivity index (χ0n) is 11.5. The van der Waals surface area contributed by atoms with Crippen LogP contribution in [0.5, 0.6) is 0 Å². The van der Waals surface area contributed by atoms with Crippen molar-refractivity contribution in [3.63, 3.8) is 0 Å². The van der Waals surface area contributed by atoms with Crippen molar-refractivity contribution in [1.82, 2.24) is 10.6 Å². The highest BCUT2D eigenvalue weighted by Gasteiger charge is 2.35. The van der Waals surface area contributed by atoms with Gasteiger partial charge in [-0.3, -0.25) is 0 Å². The van der Waals surface area contributed by atoms with E-state index in [2.05, 4.69) is 10.6 Å². The second-order valence-corrected chi connectivity index (χ2v) is 7.00. The Labute approximate surface area is 119 Å². The van der Waals surface area contributed by atoms with Crippen LogP contribution in [0.25, 0.3) is 0 Å². The van der Waals surface area contributed by atoms with Gasteiger partial charge in [-0.05, 0) is 18.1 Å². The van der Waals surface area contributed by atoms with Crippen LogP contribution in [0.2, 0.25) is 0 Å². The Kier molecular flexibility index (Phi) is 3.33. The molecule has 0 spiro atoms. The lowest BCUT2D eigenvalue weighted by molar-refractivity contribution is 0.593. The number of benzene rings is 1. The van der Waals surface area contributed by atoms with E-state index in [1.54, 1.807) is 0 Å². The molecule has 0 bridgehead atoms. The first-order valence-corrected chi connectivity index (χ1v) is 8.56. The van der Waals surface area contributed by atoms with E-state index in [9.17, 15) is 8.42 Å². The van der Waals surface area contributed by atoms with Gasteiger partial charge in [-0.1, -0.05) is 25.1 Å². The lowest BCUT2D eigenvalue weighted by Crippen LogP contribution is -2.33. The topological polar surface area (TPSA) is 61.4 Å². The van der Waals surface area contributed by atoms with E-state index in [1.807, 2.05) is 31.2 Å². The third kappa shape index (κ3) is 2.14. The first-order chi connectivity index (χ1) is 9.63. The minimum atomic E-state index is -3.31. The first-order valence-electron chi connectivity index (χ1n) is 6.95. The van der Waals surface area contributed by atoms with Gasteiger partial charge in [0.1, 0.15) is 5.82 Å². The zero-order chi connectivity index (χ0) is 14.2. The van der Waals surface area contributed by atoms with Crippen molar-refractivity contribution in [1.29, 1.82) is 0 Å². The molecule has 2 heterocycles. The molecule has 0 unspecified atom stereocenters. The number of hydrogen-bond acceptors (Lipinski definition) is 4.